The van der Waals surface area contributed by atoms with Crippen LogP contribution in [0.1, 0.15) is 25.1 Å². The standard InChI is InChI=1S/C14H19FN4S/c1-3-8-19-14(9-17-18-19)13(16-2)10-20-12-6-4-11(15)5-7-12/h4-7,9,13,16H,3,8,10H2,1-2H3. The van der Waals surface area contributed by atoms with E-state index in [1.807, 2.05) is 17.9 Å². The molecule has 0 amide bonds. The van der Waals surface area contributed by atoms with E-state index in [-0.39, 0.29) is 11.9 Å². The Morgan fingerprint density at radius 1 is 1.35 bits per heavy atom. The molecule has 1 aromatic heterocycles. The van der Waals surface area contributed by atoms with E-state index in [1.54, 1.807) is 23.9 Å². The fraction of sp³-hybridized carbons (Fsp3) is 0.429. The molecule has 0 aliphatic heterocycles. The van der Waals surface area contributed by atoms with Crippen molar-refractivity contribution in [3.63, 3.8) is 0 Å². The minimum atomic E-state index is -0.204. The topological polar surface area (TPSA) is 42.7 Å². The lowest BCUT2D eigenvalue weighted by Gasteiger charge is -2.16. The molecule has 0 aliphatic rings. The molecule has 1 heterocycles. The first kappa shape index (κ1) is 15.0. The first-order valence-electron chi connectivity index (χ1n) is 6.68. The maximum absolute atomic E-state index is 12.9. The Labute approximate surface area is 122 Å². The summed E-state index contributed by atoms with van der Waals surface area (Å²) in [6.07, 6.45) is 2.83. The lowest BCUT2D eigenvalue weighted by Crippen LogP contribution is -2.22. The summed E-state index contributed by atoms with van der Waals surface area (Å²) in [5, 5.41) is 11.4. The highest BCUT2D eigenvalue weighted by Gasteiger charge is 2.15. The summed E-state index contributed by atoms with van der Waals surface area (Å²) in [7, 11) is 1.93. The van der Waals surface area contributed by atoms with E-state index in [9.17, 15) is 4.39 Å². The quantitative estimate of drug-likeness (QED) is 0.797. The number of rotatable bonds is 7. The van der Waals surface area contributed by atoms with Gasteiger partial charge in [0.05, 0.1) is 17.9 Å². The van der Waals surface area contributed by atoms with Gasteiger partial charge in [-0.3, -0.25) is 0 Å². The number of aryl methyl sites for hydroxylation is 1. The van der Waals surface area contributed by atoms with Crippen LogP contribution in [-0.2, 0) is 6.54 Å². The lowest BCUT2D eigenvalue weighted by atomic mass is 10.2. The average molecular weight is 294 g/mol. The van der Waals surface area contributed by atoms with Crippen LogP contribution in [0, 0.1) is 5.82 Å². The Balaban J connectivity index is 2.01. The van der Waals surface area contributed by atoms with Gasteiger partial charge >= 0.3 is 0 Å². The van der Waals surface area contributed by atoms with Crippen LogP contribution < -0.4 is 5.32 Å². The fourth-order valence-corrected chi connectivity index (χ4v) is 2.97. The van der Waals surface area contributed by atoms with Crippen molar-refractivity contribution in [1.82, 2.24) is 20.3 Å². The zero-order chi connectivity index (χ0) is 14.4. The van der Waals surface area contributed by atoms with Crippen molar-refractivity contribution < 1.29 is 4.39 Å². The average Bonchev–Trinajstić information content (AvgIpc) is 2.90. The number of benzene rings is 1. The number of nitrogens with one attached hydrogen (secondary N) is 1. The van der Waals surface area contributed by atoms with Gasteiger partial charge in [-0.2, -0.15) is 0 Å². The van der Waals surface area contributed by atoms with Crippen LogP contribution in [0.4, 0.5) is 4.39 Å². The summed E-state index contributed by atoms with van der Waals surface area (Å²) in [6.45, 7) is 2.99. The van der Waals surface area contributed by atoms with Gasteiger partial charge in [0.15, 0.2) is 0 Å². The van der Waals surface area contributed by atoms with Crippen LogP contribution in [0.15, 0.2) is 35.4 Å². The molecule has 1 atom stereocenters. The van der Waals surface area contributed by atoms with Gasteiger partial charge in [0.25, 0.3) is 0 Å². The minimum Gasteiger partial charge on any atom is -0.311 e. The smallest absolute Gasteiger partial charge is 0.123 e. The number of thioether (sulfide) groups is 1. The van der Waals surface area contributed by atoms with Crippen molar-refractivity contribution in [2.75, 3.05) is 12.8 Å². The van der Waals surface area contributed by atoms with Crippen LogP contribution in [0.3, 0.4) is 0 Å². The second-order valence-corrected chi connectivity index (χ2v) is 5.58. The Morgan fingerprint density at radius 3 is 2.75 bits per heavy atom. The Kier molecular flexibility index (Phi) is 5.55. The monoisotopic (exact) mass is 294 g/mol. The molecular formula is C14H19FN4S. The van der Waals surface area contributed by atoms with E-state index in [0.29, 0.717) is 0 Å². The third kappa shape index (κ3) is 3.80. The molecule has 0 saturated carbocycles. The maximum Gasteiger partial charge on any atom is 0.123 e. The van der Waals surface area contributed by atoms with Gasteiger partial charge in [-0.25, -0.2) is 9.07 Å². The molecule has 0 bridgehead atoms. The maximum atomic E-state index is 12.9. The second kappa shape index (κ2) is 7.40. The van der Waals surface area contributed by atoms with Crippen LogP contribution in [-0.4, -0.2) is 27.8 Å². The molecule has 0 radical (unpaired) electrons. The third-order valence-corrected chi connectivity index (χ3v) is 4.12. The van der Waals surface area contributed by atoms with Gasteiger partial charge in [-0.05, 0) is 37.7 Å². The number of nitrogens with zero attached hydrogens (tertiary/aromatic N) is 3. The highest BCUT2D eigenvalue weighted by atomic mass is 32.2. The number of hydrogen-bond acceptors (Lipinski definition) is 4. The summed E-state index contributed by atoms with van der Waals surface area (Å²) >= 11 is 1.69. The van der Waals surface area contributed by atoms with Crippen LogP contribution in [0.25, 0.3) is 0 Å². The van der Waals surface area contributed by atoms with Gasteiger partial charge in [0, 0.05) is 17.2 Å². The number of halogens is 1. The molecule has 0 aliphatic carbocycles. The van der Waals surface area contributed by atoms with Crippen LogP contribution in [0.5, 0.6) is 0 Å². The first-order valence-corrected chi connectivity index (χ1v) is 7.67. The molecule has 20 heavy (non-hydrogen) atoms. The molecule has 0 spiro atoms. The third-order valence-electron chi connectivity index (χ3n) is 3.02. The lowest BCUT2D eigenvalue weighted by molar-refractivity contribution is 0.514. The summed E-state index contributed by atoms with van der Waals surface area (Å²) in [5.74, 6) is 0.643. The van der Waals surface area contributed by atoms with Crippen LogP contribution >= 0.6 is 11.8 Å². The number of hydrogen-bond donors (Lipinski definition) is 1. The molecule has 108 valence electrons. The first-order chi connectivity index (χ1) is 9.74. The van der Waals surface area contributed by atoms with E-state index in [1.165, 1.54) is 12.1 Å². The molecule has 2 aromatic rings. The van der Waals surface area contributed by atoms with E-state index in [0.717, 1.165) is 29.3 Å². The van der Waals surface area contributed by atoms with Gasteiger partial charge in [0.2, 0.25) is 0 Å². The summed E-state index contributed by atoms with van der Waals surface area (Å²) in [5.41, 5.74) is 1.09. The molecule has 0 saturated heterocycles. The van der Waals surface area contributed by atoms with Crippen molar-refractivity contribution in [2.24, 2.45) is 0 Å². The molecule has 1 aromatic carbocycles. The largest absolute Gasteiger partial charge is 0.311 e. The fourth-order valence-electron chi connectivity index (χ4n) is 1.95. The minimum absolute atomic E-state index is 0.173. The van der Waals surface area contributed by atoms with Crippen molar-refractivity contribution >= 4 is 11.8 Å². The molecule has 2 rings (SSSR count). The Hall–Kier alpha value is -1.40. The van der Waals surface area contributed by atoms with E-state index in [4.69, 9.17) is 0 Å². The zero-order valence-electron chi connectivity index (χ0n) is 11.7. The summed E-state index contributed by atoms with van der Waals surface area (Å²) in [4.78, 5) is 1.06. The molecule has 1 unspecified atom stereocenters. The highest BCUT2D eigenvalue weighted by Crippen LogP contribution is 2.24. The number of aromatic nitrogens is 3. The van der Waals surface area contributed by atoms with Crippen molar-refractivity contribution in [3.05, 3.63) is 42.0 Å². The second-order valence-electron chi connectivity index (χ2n) is 4.49. The van der Waals surface area contributed by atoms with Gasteiger partial charge < -0.3 is 5.32 Å². The Bertz CT molecular complexity index is 526. The summed E-state index contributed by atoms with van der Waals surface area (Å²) < 4.78 is 14.8. The molecule has 0 fully saturated rings. The zero-order valence-corrected chi connectivity index (χ0v) is 12.5. The van der Waals surface area contributed by atoms with Gasteiger partial charge in [0.1, 0.15) is 5.82 Å². The normalized spacial score (nSPS) is 12.6. The highest BCUT2D eigenvalue weighted by molar-refractivity contribution is 7.99. The van der Waals surface area contributed by atoms with Gasteiger partial charge in [-0.1, -0.05) is 12.1 Å². The van der Waals surface area contributed by atoms with E-state index in [2.05, 4.69) is 22.6 Å². The summed E-state index contributed by atoms with van der Waals surface area (Å²) in [6, 6.07) is 6.74. The van der Waals surface area contributed by atoms with Gasteiger partial charge in [-0.15, -0.1) is 16.9 Å². The SMILES string of the molecule is CCCn1nncc1C(CSc1ccc(F)cc1)NC. The molecule has 6 heteroatoms. The molecule has 1 N–H and O–H groups in total. The molecule has 4 nitrogen and oxygen atoms in total. The van der Waals surface area contributed by atoms with Crippen LogP contribution in [0.2, 0.25) is 0 Å². The predicted molar refractivity (Wildman–Crippen MR) is 79.2 cm³/mol. The predicted octanol–water partition coefficient (Wildman–Crippen LogP) is 2.88. The van der Waals surface area contributed by atoms with Crippen molar-refractivity contribution in [2.45, 2.75) is 30.8 Å². The van der Waals surface area contributed by atoms with Crippen molar-refractivity contribution in [1.29, 1.82) is 0 Å². The van der Waals surface area contributed by atoms with Crippen molar-refractivity contribution in [3.8, 4) is 0 Å². The Morgan fingerprint density at radius 2 is 2.10 bits per heavy atom. The van der Waals surface area contributed by atoms with E-state index < -0.39 is 0 Å². The molecular weight excluding hydrogens is 275 g/mol. The van der Waals surface area contributed by atoms with E-state index >= 15 is 0 Å².